The molecule has 0 saturated carbocycles. The number of allylic oxidation sites excluding steroid dienone is 12. The highest BCUT2D eigenvalue weighted by molar-refractivity contribution is 5.71. The van der Waals surface area contributed by atoms with Crippen molar-refractivity contribution in [1.82, 2.24) is 0 Å². The molecule has 6 heteroatoms. The quantitative estimate of drug-likeness (QED) is 0.0261. The predicted octanol–water partition coefficient (Wildman–Crippen LogP) is 21.7. The van der Waals surface area contributed by atoms with Gasteiger partial charge in [0, 0.05) is 19.3 Å². The van der Waals surface area contributed by atoms with E-state index in [9.17, 15) is 14.4 Å². The summed E-state index contributed by atoms with van der Waals surface area (Å²) >= 11 is 0. The van der Waals surface area contributed by atoms with E-state index in [1.165, 1.54) is 199 Å². The van der Waals surface area contributed by atoms with E-state index in [-0.39, 0.29) is 37.5 Å². The summed E-state index contributed by atoms with van der Waals surface area (Å²) < 4.78 is 16.9. The Labute approximate surface area is 459 Å². The van der Waals surface area contributed by atoms with Crippen LogP contribution in [-0.4, -0.2) is 37.2 Å². The first-order valence-electron chi connectivity index (χ1n) is 31.9. The van der Waals surface area contributed by atoms with Crippen molar-refractivity contribution in [2.24, 2.45) is 0 Å². The summed E-state index contributed by atoms with van der Waals surface area (Å²) in [5.74, 6) is -0.963. The molecule has 0 saturated heterocycles. The first-order chi connectivity index (χ1) is 36.5. The Morgan fingerprint density at radius 1 is 0.284 bits per heavy atom. The molecule has 0 spiro atoms. The van der Waals surface area contributed by atoms with Crippen molar-refractivity contribution in [2.75, 3.05) is 13.2 Å². The van der Waals surface area contributed by atoms with Crippen molar-refractivity contribution < 1.29 is 28.6 Å². The first kappa shape index (κ1) is 70.8. The van der Waals surface area contributed by atoms with Gasteiger partial charge in [0.05, 0.1) is 0 Å². The lowest BCUT2D eigenvalue weighted by Crippen LogP contribution is -2.30. The molecule has 0 bridgehead atoms. The van der Waals surface area contributed by atoms with Gasteiger partial charge in [-0.1, -0.05) is 318 Å². The maximum atomic E-state index is 12.9. The number of carbonyl (C=O) groups excluding carboxylic acids is 3. The van der Waals surface area contributed by atoms with Gasteiger partial charge in [-0.05, 0) is 57.8 Å². The van der Waals surface area contributed by atoms with Gasteiger partial charge in [0.1, 0.15) is 13.2 Å². The lowest BCUT2D eigenvalue weighted by atomic mass is 10.0. The van der Waals surface area contributed by atoms with Crippen molar-refractivity contribution in [3.8, 4) is 0 Å². The molecular weight excluding hydrogens is 913 g/mol. The highest BCUT2D eigenvalue weighted by atomic mass is 16.6. The minimum atomic E-state index is -0.804. The lowest BCUT2D eigenvalue weighted by Gasteiger charge is -2.18. The van der Waals surface area contributed by atoms with Crippen LogP contribution in [0.25, 0.3) is 0 Å². The third kappa shape index (κ3) is 59.7. The second-order valence-electron chi connectivity index (χ2n) is 21.3. The molecule has 0 radical (unpaired) electrons. The van der Waals surface area contributed by atoms with Crippen LogP contribution in [0.2, 0.25) is 0 Å². The SMILES string of the molecule is CC/C=C\C/C=C\C/C=C\C/C=C\C/C=C\C/C=C\CCC(=O)OCC(COC(=O)CCCCCCCCCCCCCCCCCCCC)OC(=O)CCCCCCCCCCCCCCCCCCCCC. The average molecular weight is 1030 g/mol. The fraction of sp³-hybridized carbons (Fsp3) is 0.779. The zero-order chi connectivity index (χ0) is 53.6. The molecule has 0 fully saturated rings. The van der Waals surface area contributed by atoms with E-state index in [2.05, 4.69) is 87.6 Å². The van der Waals surface area contributed by atoms with Gasteiger partial charge in [-0.2, -0.15) is 0 Å². The maximum absolute atomic E-state index is 12.9. The zero-order valence-corrected chi connectivity index (χ0v) is 49.1. The van der Waals surface area contributed by atoms with Gasteiger partial charge in [0.15, 0.2) is 6.10 Å². The van der Waals surface area contributed by atoms with Crippen molar-refractivity contribution in [3.05, 3.63) is 72.9 Å². The molecule has 74 heavy (non-hydrogen) atoms. The Balaban J connectivity index is 4.44. The summed E-state index contributed by atoms with van der Waals surface area (Å²) in [5.41, 5.74) is 0. The summed E-state index contributed by atoms with van der Waals surface area (Å²) in [6.45, 7) is 6.52. The van der Waals surface area contributed by atoms with Gasteiger partial charge < -0.3 is 14.2 Å². The molecule has 0 aromatic rings. The monoisotopic (exact) mass is 1030 g/mol. The summed E-state index contributed by atoms with van der Waals surface area (Å²) in [6, 6.07) is 0. The molecule has 0 heterocycles. The van der Waals surface area contributed by atoms with Crippen molar-refractivity contribution in [1.29, 1.82) is 0 Å². The minimum Gasteiger partial charge on any atom is -0.462 e. The maximum Gasteiger partial charge on any atom is 0.306 e. The molecule has 0 amide bonds. The number of esters is 3. The van der Waals surface area contributed by atoms with Crippen LogP contribution in [0.5, 0.6) is 0 Å². The van der Waals surface area contributed by atoms with Crippen molar-refractivity contribution in [3.63, 3.8) is 0 Å². The van der Waals surface area contributed by atoms with Crippen LogP contribution >= 0.6 is 0 Å². The third-order valence-electron chi connectivity index (χ3n) is 14.0. The Kier molecular flexibility index (Phi) is 59.7. The number of ether oxygens (including phenoxy) is 3. The zero-order valence-electron chi connectivity index (χ0n) is 49.1. The minimum absolute atomic E-state index is 0.0940. The van der Waals surface area contributed by atoms with Crippen molar-refractivity contribution >= 4 is 17.9 Å². The van der Waals surface area contributed by atoms with Crippen LogP contribution < -0.4 is 0 Å². The van der Waals surface area contributed by atoms with Gasteiger partial charge in [-0.25, -0.2) is 0 Å². The molecule has 0 rings (SSSR count). The van der Waals surface area contributed by atoms with E-state index in [1.807, 2.05) is 6.08 Å². The number of unbranched alkanes of at least 4 members (excludes halogenated alkanes) is 35. The highest BCUT2D eigenvalue weighted by Gasteiger charge is 2.19. The normalized spacial score (nSPS) is 12.5. The Bertz CT molecular complexity index is 1370. The van der Waals surface area contributed by atoms with Crippen LogP contribution in [0.4, 0.5) is 0 Å². The fourth-order valence-electron chi connectivity index (χ4n) is 9.24. The lowest BCUT2D eigenvalue weighted by molar-refractivity contribution is -0.166. The summed E-state index contributed by atoms with van der Waals surface area (Å²) in [5, 5.41) is 0. The average Bonchev–Trinajstić information content (AvgIpc) is 3.40. The molecule has 0 N–H and O–H groups in total. The van der Waals surface area contributed by atoms with Gasteiger partial charge in [0.25, 0.3) is 0 Å². The van der Waals surface area contributed by atoms with E-state index in [4.69, 9.17) is 14.2 Å². The topological polar surface area (TPSA) is 78.9 Å². The van der Waals surface area contributed by atoms with Crippen LogP contribution in [0, 0.1) is 0 Å². The van der Waals surface area contributed by atoms with E-state index in [0.717, 1.165) is 77.0 Å². The summed E-state index contributed by atoms with van der Waals surface area (Å²) in [6.07, 6.45) is 80.6. The largest absolute Gasteiger partial charge is 0.462 e. The second-order valence-corrected chi connectivity index (χ2v) is 21.3. The Morgan fingerprint density at radius 2 is 0.527 bits per heavy atom. The van der Waals surface area contributed by atoms with E-state index in [0.29, 0.717) is 19.3 Å². The smallest absolute Gasteiger partial charge is 0.306 e. The molecule has 0 aliphatic carbocycles. The van der Waals surface area contributed by atoms with Crippen molar-refractivity contribution in [2.45, 2.75) is 329 Å². The molecule has 428 valence electrons. The molecule has 1 unspecified atom stereocenters. The third-order valence-corrected chi connectivity index (χ3v) is 14.0. The summed E-state index contributed by atoms with van der Waals surface area (Å²) in [4.78, 5) is 38.3. The molecule has 0 aromatic heterocycles. The molecule has 0 aliphatic rings. The van der Waals surface area contributed by atoms with Gasteiger partial charge in [-0.15, -0.1) is 0 Å². The molecule has 1 atom stereocenters. The summed E-state index contributed by atoms with van der Waals surface area (Å²) in [7, 11) is 0. The van der Waals surface area contributed by atoms with Crippen LogP contribution in [0.1, 0.15) is 323 Å². The Morgan fingerprint density at radius 3 is 0.824 bits per heavy atom. The number of hydrogen-bond donors (Lipinski definition) is 0. The number of rotatable bonds is 58. The van der Waals surface area contributed by atoms with Crippen LogP contribution in [-0.2, 0) is 28.6 Å². The van der Waals surface area contributed by atoms with Gasteiger partial charge in [-0.3, -0.25) is 14.4 Å². The molecular formula is C68H120O6. The molecule has 0 aliphatic heterocycles. The second kappa shape index (κ2) is 62.4. The fourth-order valence-corrected chi connectivity index (χ4v) is 9.24. The standard InChI is InChI=1S/C68H120O6/c1-4-7-10-13-16-19-22-25-28-31-34-37-40-43-46-49-52-55-58-61-67(70)73-64-65(63-72-66(69)60-57-54-51-48-45-42-39-36-33-30-27-24-21-18-15-12-9-6-3)74-68(71)62-59-56-53-50-47-44-41-38-35-32-29-26-23-20-17-14-11-8-5-2/h7,10,16,19,25,28,34,37,43,46,52,55,65H,4-6,8-9,11-15,17-18,20-24,26-27,29-33,35-36,38-42,44-45,47-51,53-54,56-64H2,1-3H3/b10-7-,19-16-,28-25-,37-34-,46-43-,55-52-. The molecule has 6 nitrogen and oxygen atoms in total. The van der Waals surface area contributed by atoms with E-state index < -0.39 is 6.10 Å². The predicted molar refractivity (Wildman–Crippen MR) is 321 cm³/mol. The Hall–Kier alpha value is -3.15. The van der Waals surface area contributed by atoms with Gasteiger partial charge >= 0.3 is 17.9 Å². The number of hydrogen-bond acceptors (Lipinski definition) is 6. The number of carbonyl (C=O) groups is 3. The van der Waals surface area contributed by atoms with Crippen LogP contribution in [0.3, 0.4) is 0 Å². The highest BCUT2D eigenvalue weighted by Crippen LogP contribution is 2.17. The van der Waals surface area contributed by atoms with Gasteiger partial charge in [0.2, 0.25) is 0 Å². The van der Waals surface area contributed by atoms with E-state index in [1.54, 1.807) is 0 Å². The van der Waals surface area contributed by atoms with Crippen LogP contribution in [0.15, 0.2) is 72.9 Å². The first-order valence-corrected chi connectivity index (χ1v) is 31.9. The molecule has 0 aromatic carbocycles. The van der Waals surface area contributed by atoms with E-state index >= 15 is 0 Å².